The van der Waals surface area contributed by atoms with Crippen LogP contribution >= 0.6 is 0 Å². The van der Waals surface area contributed by atoms with Crippen LogP contribution in [0.1, 0.15) is 36.6 Å². The Kier molecular flexibility index (Phi) is 5.77. The molecule has 0 aliphatic carbocycles. The molecule has 2 amide bonds. The summed E-state index contributed by atoms with van der Waals surface area (Å²) in [5.41, 5.74) is 3.65. The first-order chi connectivity index (χ1) is 10.9. The predicted molar refractivity (Wildman–Crippen MR) is 90.3 cm³/mol. The molecule has 1 aliphatic heterocycles. The number of quaternary nitrogens is 1. The zero-order chi connectivity index (χ0) is 17.0. The molecule has 1 atom stereocenters. The van der Waals surface area contributed by atoms with E-state index < -0.39 is 0 Å². The number of benzene rings is 1. The fourth-order valence-corrected chi connectivity index (χ4v) is 2.95. The molecule has 2 N–H and O–H groups in total. The second kappa shape index (κ2) is 7.59. The maximum absolute atomic E-state index is 12.2. The van der Waals surface area contributed by atoms with Gasteiger partial charge in [0.2, 0.25) is 5.91 Å². The van der Waals surface area contributed by atoms with Gasteiger partial charge in [0.1, 0.15) is 0 Å². The summed E-state index contributed by atoms with van der Waals surface area (Å²) in [4.78, 5) is 26.7. The molecular weight excluding hydrogens is 290 g/mol. The van der Waals surface area contributed by atoms with Crippen LogP contribution in [-0.4, -0.2) is 49.4 Å². The molecule has 126 valence electrons. The minimum Gasteiger partial charge on any atom is -0.345 e. The van der Waals surface area contributed by atoms with Gasteiger partial charge < -0.3 is 15.1 Å². The topological polar surface area (TPSA) is 53.9 Å². The van der Waals surface area contributed by atoms with Crippen LogP contribution in [0.2, 0.25) is 0 Å². The van der Waals surface area contributed by atoms with Crippen LogP contribution in [0.5, 0.6) is 0 Å². The first-order valence-electron chi connectivity index (χ1n) is 8.32. The number of nitrogens with zero attached hydrogens (tertiary/aromatic N) is 1. The van der Waals surface area contributed by atoms with Crippen LogP contribution in [0.4, 0.5) is 0 Å². The molecule has 1 saturated heterocycles. The van der Waals surface area contributed by atoms with Crippen molar-refractivity contribution >= 4 is 11.8 Å². The van der Waals surface area contributed by atoms with E-state index in [2.05, 4.69) is 37.4 Å². The van der Waals surface area contributed by atoms with Gasteiger partial charge in [-0.05, 0) is 37.5 Å². The average molecular weight is 318 g/mol. The third-order valence-electron chi connectivity index (χ3n) is 4.73. The average Bonchev–Trinajstić information content (AvgIpc) is 2.50. The molecular formula is C18H28N3O2+. The molecule has 0 radical (unpaired) electrons. The Morgan fingerprint density at radius 2 is 1.87 bits per heavy atom. The van der Waals surface area contributed by atoms with Crippen molar-refractivity contribution in [2.75, 3.05) is 32.7 Å². The lowest BCUT2D eigenvalue weighted by Gasteiger charge is -2.31. The minimum absolute atomic E-state index is 0.0136. The predicted octanol–water partition coefficient (Wildman–Crippen LogP) is 0.228. The quantitative estimate of drug-likeness (QED) is 0.835. The molecule has 23 heavy (non-hydrogen) atoms. The summed E-state index contributed by atoms with van der Waals surface area (Å²) in [6, 6.07) is 6.32. The molecule has 1 fully saturated rings. The number of hydrogen-bond acceptors (Lipinski definition) is 2. The van der Waals surface area contributed by atoms with Crippen molar-refractivity contribution in [3.8, 4) is 0 Å². The van der Waals surface area contributed by atoms with Crippen molar-refractivity contribution in [1.29, 1.82) is 0 Å². The van der Waals surface area contributed by atoms with E-state index in [0.29, 0.717) is 6.54 Å². The second-order valence-corrected chi connectivity index (χ2v) is 6.57. The Labute approximate surface area is 138 Å². The van der Waals surface area contributed by atoms with Crippen LogP contribution in [0, 0.1) is 13.8 Å². The van der Waals surface area contributed by atoms with Gasteiger partial charge in [-0.3, -0.25) is 9.59 Å². The summed E-state index contributed by atoms with van der Waals surface area (Å²) < 4.78 is 0. The molecule has 1 aliphatic rings. The van der Waals surface area contributed by atoms with Crippen molar-refractivity contribution in [2.24, 2.45) is 0 Å². The van der Waals surface area contributed by atoms with Crippen LogP contribution < -0.4 is 10.2 Å². The Bertz CT molecular complexity index is 578. The van der Waals surface area contributed by atoms with Crippen LogP contribution in [0.15, 0.2) is 18.2 Å². The maximum atomic E-state index is 12.2. The number of rotatable bonds is 4. The number of carbonyl (C=O) groups is 2. The van der Waals surface area contributed by atoms with Crippen molar-refractivity contribution in [1.82, 2.24) is 10.2 Å². The molecule has 1 aromatic carbocycles. The van der Waals surface area contributed by atoms with Crippen LogP contribution in [0.3, 0.4) is 0 Å². The van der Waals surface area contributed by atoms with Crippen molar-refractivity contribution in [3.05, 3.63) is 34.9 Å². The Morgan fingerprint density at radius 1 is 1.22 bits per heavy atom. The Balaban J connectivity index is 1.82. The fraction of sp³-hybridized carbons (Fsp3) is 0.556. The van der Waals surface area contributed by atoms with Crippen molar-refractivity contribution in [3.63, 3.8) is 0 Å². The number of hydrogen-bond donors (Lipinski definition) is 2. The lowest BCUT2D eigenvalue weighted by molar-refractivity contribution is -0.896. The highest BCUT2D eigenvalue weighted by molar-refractivity contribution is 5.77. The van der Waals surface area contributed by atoms with E-state index in [1.165, 1.54) is 16.0 Å². The van der Waals surface area contributed by atoms with Crippen LogP contribution in [-0.2, 0) is 9.59 Å². The largest absolute Gasteiger partial charge is 0.345 e. The summed E-state index contributed by atoms with van der Waals surface area (Å²) in [6.07, 6.45) is 0. The van der Waals surface area contributed by atoms with Gasteiger partial charge in [-0.2, -0.15) is 0 Å². The SMILES string of the molecule is CC(=O)N1CC[NH+](CC(=O)N[C@H](C)c2ccc(C)c(C)c2)CC1. The van der Waals surface area contributed by atoms with E-state index in [-0.39, 0.29) is 17.9 Å². The number of amides is 2. The van der Waals surface area contributed by atoms with E-state index in [9.17, 15) is 9.59 Å². The minimum atomic E-state index is 0.0136. The molecule has 0 spiro atoms. The first kappa shape index (κ1) is 17.5. The zero-order valence-corrected chi connectivity index (χ0v) is 14.6. The summed E-state index contributed by atoms with van der Waals surface area (Å²) in [7, 11) is 0. The maximum Gasteiger partial charge on any atom is 0.275 e. The molecule has 0 bridgehead atoms. The van der Waals surface area contributed by atoms with Crippen LogP contribution in [0.25, 0.3) is 0 Å². The Hall–Kier alpha value is -1.88. The molecule has 0 unspecified atom stereocenters. The standard InChI is InChI=1S/C18H27N3O2/c1-13-5-6-17(11-14(13)2)15(3)19-18(23)12-20-7-9-21(10-8-20)16(4)22/h5-6,11,15H,7-10,12H2,1-4H3,(H,19,23)/p+1/t15-/m1/s1. The van der Waals surface area contributed by atoms with Gasteiger partial charge >= 0.3 is 0 Å². The number of nitrogens with one attached hydrogen (secondary N) is 2. The molecule has 0 aromatic heterocycles. The number of aryl methyl sites for hydroxylation is 2. The zero-order valence-electron chi connectivity index (χ0n) is 14.6. The summed E-state index contributed by atoms with van der Waals surface area (Å²) >= 11 is 0. The summed E-state index contributed by atoms with van der Waals surface area (Å²) in [5, 5.41) is 3.08. The van der Waals surface area contributed by atoms with Crippen molar-refractivity contribution < 1.29 is 14.5 Å². The van der Waals surface area contributed by atoms with E-state index in [0.717, 1.165) is 31.7 Å². The highest BCUT2D eigenvalue weighted by Crippen LogP contribution is 2.16. The van der Waals surface area contributed by atoms with Gasteiger partial charge in [-0.1, -0.05) is 18.2 Å². The summed E-state index contributed by atoms with van der Waals surface area (Å²) in [5.74, 6) is 0.193. The molecule has 5 nitrogen and oxygen atoms in total. The lowest BCUT2D eigenvalue weighted by Crippen LogP contribution is -3.15. The first-order valence-corrected chi connectivity index (χ1v) is 8.32. The molecule has 2 rings (SSSR count). The molecule has 1 heterocycles. The third-order valence-corrected chi connectivity index (χ3v) is 4.73. The number of carbonyl (C=O) groups excluding carboxylic acids is 2. The monoisotopic (exact) mass is 318 g/mol. The lowest BCUT2D eigenvalue weighted by atomic mass is 10.0. The Morgan fingerprint density at radius 3 is 2.43 bits per heavy atom. The van der Waals surface area contributed by atoms with Gasteiger partial charge in [0.25, 0.3) is 5.91 Å². The van der Waals surface area contributed by atoms with Gasteiger partial charge in [-0.15, -0.1) is 0 Å². The van der Waals surface area contributed by atoms with Gasteiger partial charge in [0.05, 0.1) is 32.2 Å². The normalized spacial score (nSPS) is 17.0. The second-order valence-electron chi connectivity index (χ2n) is 6.57. The van der Waals surface area contributed by atoms with Crippen molar-refractivity contribution in [2.45, 2.75) is 33.7 Å². The highest BCUT2D eigenvalue weighted by atomic mass is 16.2. The van der Waals surface area contributed by atoms with E-state index in [1.807, 2.05) is 11.8 Å². The fourth-order valence-electron chi connectivity index (χ4n) is 2.95. The molecule has 0 saturated carbocycles. The van der Waals surface area contributed by atoms with Gasteiger partial charge in [0.15, 0.2) is 6.54 Å². The van der Waals surface area contributed by atoms with E-state index in [4.69, 9.17) is 0 Å². The third kappa shape index (κ3) is 4.79. The van der Waals surface area contributed by atoms with E-state index in [1.54, 1.807) is 6.92 Å². The van der Waals surface area contributed by atoms with Gasteiger partial charge in [-0.25, -0.2) is 0 Å². The van der Waals surface area contributed by atoms with E-state index >= 15 is 0 Å². The molecule has 1 aromatic rings. The van der Waals surface area contributed by atoms with Gasteiger partial charge in [0, 0.05) is 6.92 Å². The number of piperazine rings is 1. The smallest absolute Gasteiger partial charge is 0.275 e. The highest BCUT2D eigenvalue weighted by Gasteiger charge is 2.23. The molecule has 5 heteroatoms. The summed E-state index contributed by atoms with van der Waals surface area (Å²) in [6.45, 7) is 11.4.